The summed E-state index contributed by atoms with van der Waals surface area (Å²) in [7, 11) is 0. The third-order valence-electron chi connectivity index (χ3n) is 4.82. The van der Waals surface area contributed by atoms with Crippen molar-refractivity contribution in [3.8, 4) is 0 Å². The first-order valence-corrected chi connectivity index (χ1v) is 9.89. The third kappa shape index (κ3) is 5.57. The van der Waals surface area contributed by atoms with Crippen LogP contribution in [-0.4, -0.2) is 37.9 Å². The Morgan fingerprint density at radius 1 is 0.778 bits per heavy atom. The molecule has 14 nitrogen and oxygen atoms in total. The average molecular weight is 496 g/mol. The monoisotopic (exact) mass is 496 g/mol. The van der Waals surface area contributed by atoms with E-state index < -0.39 is 56.8 Å². The van der Waals surface area contributed by atoms with Gasteiger partial charge in [0.2, 0.25) is 0 Å². The molecule has 0 radical (unpaired) electrons. The van der Waals surface area contributed by atoms with Crippen LogP contribution in [0.25, 0.3) is 0 Å². The van der Waals surface area contributed by atoms with Crippen LogP contribution in [-0.2, 0) is 11.4 Å². The van der Waals surface area contributed by atoms with Crippen molar-refractivity contribution >= 4 is 40.6 Å². The van der Waals surface area contributed by atoms with Gasteiger partial charge in [0.1, 0.15) is 12.2 Å². The number of benzene rings is 3. The summed E-state index contributed by atoms with van der Waals surface area (Å²) >= 11 is 0. The Morgan fingerprint density at radius 2 is 1.31 bits per heavy atom. The lowest BCUT2D eigenvalue weighted by Crippen LogP contribution is -2.18. The maximum Gasteiger partial charge on any atom is 0.336 e. The van der Waals surface area contributed by atoms with E-state index in [1.165, 1.54) is 36.4 Å². The van der Waals surface area contributed by atoms with Crippen LogP contribution in [0.1, 0.15) is 36.6 Å². The van der Waals surface area contributed by atoms with E-state index in [4.69, 9.17) is 4.84 Å². The number of carbonyl (C=O) groups excluding carboxylic acids is 1. The van der Waals surface area contributed by atoms with Gasteiger partial charge in [0.15, 0.2) is 0 Å². The van der Waals surface area contributed by atoms with Gasteiger partial charge < -0.3 is 15.5 Å². The molecule has 3 aromatic rings. The first kappa shape index (κ1) is 25.3. The van der Waals surface area contributed by atoms with Crippen molar-refractivity contribution in [2.75, 3.05) is 10.8 Å². The van der Waals surface area contributed by atoms with Gasteiger partial charge >= 0.3 is 11.9 Å². The predicted molar refractivity (Wildman–Crippen MR) is 123 cm³/mol. The standard InChI is InChI=1S/C22H16N4O10/c27-20(19-15(22(30)31)4-2-6-18(19)26(34)35)23-12-7-9-13(10-8-12)24-36-11-16-14(21(28)29)3-1-5-17(16)25(32)33/h1-10,24H,11H2,(H,23,27)(H,28,29)(H,30,31). The Hall–Kier alpha value is -5.37. The van der Waals surface area contributed by atoms with Gasteiger partial charge in [-0.3, -0.25) is 35.3 Å². The fraction of sp³-hybridized carbons (Fsp3) is 0.0455. The molecule has 3 rings (SSSR count). The molecule has 0 aromatic heterocycles. The summed E-state index contributed by atoms with van der Waals surface area (Å²) in [4.78, 5) is 61.5. The minimum absolute atomic E-state index is 0.148. The Morgan fingerprint density at radius 3 is 1.86 bits per heavy atom. The van der Waals surface area contributed by atoms with E-state index in [0.717, 1.165) is 24.3 Å². The molecule has 0 spiro atoms. The largest absolute Gasteiger partial charge is 0.478 e. The number of nitro groups is 2. The summed E-state index contributed by atoms with van der Waals surface area (Å²) in [5.41, 5.74) is 0.297. The van der Waals surface area contributed by atoms with Gasteiger partial charge in [0, 0.05) is 17.8 Å². The number of nitrogens with one attached hydrogen (secondary N) is 2. The number of anilines is 2. The van der Waals surface area contributed by atoms with Crippen LogP contribution in [0.15, 0.2) is 60.7 Å². The normalized spacial score (nSPS) is 10.3. The summed E-state index contributed by atoms with van der Waals surface area (Å²) in [6.07, 6.45) is 0. The number of carbonyl (C=O) groups is 3. The second kappa shape index (κ2) is 10.7. The van der Waals surface area contributed by atoms with E-state index in [1.54, 1.807) is 0 Å². The van der Waals surface area contributed by atoms with E-state index >= 15 is 0 Å². The highest BCUT2D eigenvalue weighted by molar-refractivity contribution is 6.13. The lowest BCUT2D eigenvalue weighted by Gasteiger charge is -2.11. The van der Waals surface area contributed by atoms with Crippen LogP contribution in [0.2, 0.25) is 0 Å². The predicted octanol–water partition coefficient (Wildman–Crippen LogP) is 3.70. The zero-order valence-electron chi connectivity index (χ0n) is 18.0. The highest BCUT2D eigenvalue weighted by Gasteiger charge is 2.27. The van der Waals surface area contributed by atoms with Gasteiger partial charge in [-0.1, -0.05) is 12.1 Å². The molecule has 0 bridgehead atoms. The van der Waals surface area contributed by atoms with E-state index in [2.05, 4.69) is 10.8 Å². The maximum absolute atomic E-state index is 12.6. The van der Waals surface area contributed by atoms with Crippen LogP contribution in [0.5, 0.6) is 0 Å². The fourth-order valence-corrected chi connectivity index (χ4v) is 3.21. The lowest BCUT2D eigenvalue weighted by molar-refractivity contribution is -0.386. The zero-order chi connectivity index (χ0) is 26.4. The molecule has 0 aliphatic heterocycles. The number of carboxylic acids is 2. The number of hydrogen-bond acceptors (Lipinski definition) is 9. The van der Waals surface area contributed by atoms with Gasteiger partial charge in [-0.2, -0.15) is 0 Å². The van der Waals surface area contributed by atoms with Gasteiger partial charge in [0.25, 0.3) is 17.3 Å². The molecule has 3 aromatic carbocycles. The smallest absolute Gasteiger partial charge is 0.336 e. The summed E-state index contributed by atoms with van der Waals surface area (Å²) in [5.74, 6) is -3.87. The Balaban J connectivity index is 1.71. The molecule has 4 N–H and O–H groups in total. The van der Waals surface area contributed by atoms with Crippen molar-refractivity contribution in [1.29, 1.82) is 0 Å². The number of nitrogens with zero attached hydrogens (tertiary/aromatic N) is 2. The van der Waals surface area contributed by atoms with Crippen molar-refractivity contribution in [2.45, 2.75) is 6.61 Å². The Kier molecular flexibility index (Phi) is 7.51. The molecular weight excluding hydrogens is 480 g/mol. The van der Waals surface area contributed by atoms with Crippen LogP contribution >= 0.6 is 0 Å². The minimum Gasteiger partial charge on any atom is -0.478 e. The molecule has 0 heterocycles. The molecule has 0 aliphatic rings. The number of carboxylic acid groups (broad SMARTS) is 2. The second-order valence-corrected chi connectivity index (χ2v) is 7.05. The highest BCUT2D eigenvalue weighted by Crippen LogP contribution is 2.26. The van der Waals surface area contributed by atoms with Crippen molar-refractivity contribution in [3.63, 3.8) is 0 Å². The number of aromatic carboxylic acids is 2. The summed E-state index contributed by atoms with van der Waals surface area (Å²) in [6.45, 7) is -0.451. The first-order chi connectivity index (χ1) is 17.1. The molecule has 0 unspecified atom stereocenters. The molecular formula is C22H16N4O10. The first-order valence-electron chi connectivity index (χ1n) is 9.89. The summed E-state index contributed by atoms with van der Waals surface area (Å²) in [5, 5.41) is 43.4. The summed E-state index contributed by atoms with van der Waals surface area (Å²) in [6, 6.07) is 12.4. The molecule has 0 fully saturated rings. The topological polar surface area (TPSA) is 211 Å². The fourth-order valence-electron chi connectivity index (χ4n) is 3.21. The van der Waals surface area contributed by atoms with Crippen LogP contribution in [0.3, 0.4) is 0 Å². The van der Waals surface area contributed by atoms with Crippen LogP contribution in [0, 0.1) is 20.2 Å². The Bertz CT molecular complexity index is 1310. The maximum atomic E-state index is 12.6. The minimum atomic E-state index is -1.51. The van der Waals surface area contributed by atoms with Crippen molar-refractivity contribution in [3.05, 3.63) is 103 Å². The number of rotatable bonds is 10. The number of hydrogen-bond donors (Lipinski definition) is 4. The molecule has 1 amide bonds. The zero-order valence-corrected chi connectivity index (χ0v) is 18.0. The molecule has 0 saturated heterocycles. The van der Waals surface area contributed by atoms with E-state index in [-0.39, 0.29) is 16.8 Å². The molecule has 14 heteroatoms. The van der Waals surface area contributed by atoms with Crippen molar-refractivity contribution in [2.24, 2.45) is 0 Å². The third-order valence-corrected chi connectivity index (χ3v) is 4.82. The van der Waals surface area contributed by atoms with Gasteiger partial charge in [0.05, 0.1) is 32.2 Å². The number of amides is 1. The van der Waals surface area contributed by atoms with E-state index in [9.17, 15) is 44.8 Å². The molecule has 0 aliphatic carbocycles. The van der Waals surface area contributed by atoms with Crippen molar-refractivity contribution < 1.29 is 39.3 Å². The SMILES string of the molecule is O=C(O)c1cccc([N+](=O)[O-])c1CONc1ccc(NC(=O)c2c(C(=O)O)cccc2[N+](=O)[O-])cc1. The molecule has 36 heavy (non-hydrogen) atoms. The quantitative estimate of drug-likeness (QED) is 0.235. The van der Waals surface area contributed by atoms with Gasteiger partial charge in [-0.15, -0.1) is 0 Å². The van der Waals surface area contributed by atoms with E-state index in [0.29, 0.717) is 5.69 Å². The van der Waals surface area contributed by atoms with Crippen LogP contribution in [0.4, 0.5) is 22.7 Å². The van der Waals surface area contributed by atoms with Crippen molar-refractivity contribution in [1.82, 2.24) is 0 Å². The molecule has 0 atom stereocenters. The second-order valence-electron chi connectivity index (χ2n) is 7.05. The Labute approximate surface area is 201 Å². The number of nitro benzene ring substituents is 2. The summed E-state index contributed by atoms with van der Waals surface area (Å²) < 4.78 is 0. The lowest BCUT2D eigenvalue weighted by atomic mass is 10.0. The van der Waals surface area contributed by atoms with E-state index in [1.807, 2.05) is 0 Å². The molecule has 0 saturated carbocycles. The van der Waals surface area contributed by atoms with Gasteiger partial charge in [-0.25, -0.2) is 9.59 Å². The van der Waals surface area contributed by atoms with Gasteiger partial charge in [-0.05, 0) is 36.4 Å². The van der Waals surface area contributed by atoms with Crippen LogP contribution < -0.4 is 10.8 Å². The highest BCUT2D eigenvalue weighted by atomic mass is 16.6. The average Bonchev–Trinajstić information content (AvgIpc) is 2.84. The molecule has 184 valence electrons.